The second kappa shape index (κ2) is 3.99. The second-order valence-electron chi connectivity index (χ2n) is 2.14. The van der Waals surface area contributed by atoms with Crippen LogP contribution in [0.5, 0.6) is 0 Å². The maximum Gasteiger partial charge on any atom is 0.0544 e. The average Bonchev–Trinajstić information content (AvgIpc) is 2.31. The molecule has 0 atom stereocenters. The normalized spacial score (nSPS) is 10.2. The molecule has 0 unspecified atom stereocenters. The van der Waals surface area contributed by atoms with Crippen LogP contribution < -0.4 is 0 Å². The van der Waals surface area contributed by atoms with Crippen LogP contribution in [0.2, 0.25) is 5.02 Å². The highest BCUT2D eigenvalue weighted by Crippen LogP contribution is 2.23. The van der Waals surface area contributed by atoms with Crippen LogP contribution in [0.3, 0.4) is 0 Å². The van der Waals surface area contributed by atoms with Gasteiger partial charge in [0.1, 0.15) is 0 Å². The van der Waals surface area contributed by atoms with Crippen molar-refractivity contribution in [2.24, 2.45) is 0 Å². The largest absolute Gasteiger partial charge is 0.147 e. The monoisotopic (exact) mass is 173 g/mol. The maximum absolute atomic E-state index is 5.87. The highest BCUT2D eigenvalue weighted by Gasteiger charge is 1.98. The first kappa shape index (κ1) is 8.09. The molecule has 0 saturated heterocycles. The van der Waals surface area contributed by atoms with Crippen LogP contribution in [0.25, 0.3) is 0 Å². The fourth-order valence-electron chi connectivity index (χ4n) is 0.779. The van der Waals surface area contributed by atoms with E-state index in [0.29, 0.717) is 0 Å². The van der Waals surface area contributed by atoms with Crippen LogP contribution in [0.1, 0.15) is 18.2 Å². The summed E-state index contributed by atoms with van der Waals surface area (Å²) < 4.78 is 0. The predicted molar refractivity (Wildman–Crippen MR) is 47.6 cm³/mol. The predicted octanol–water partition coefficient (Wildman–Crippen LogP) is 3.56. The minimum atomic E-state index is 0.923. The van der Waals surface area contributed by atoms with Gasteiger partial charge in [0.05, 0.1) is 5.02 Å². The minimum absolute atomic E-state index is 0.923. The molecule has 1 aromatic rings. The first-order chi connectivity index (χ1) is 4.84. The standard InChI is InChI=1S/C8H10ClS/c1-2-3-4-8-7(9)5-6-10-8/h2,5-6H,3-4H2,1H3. The van der Waals surface area contributed by atoms with Crippen LogP contribution in [0.4, 0.5) is 0 Å². The SMILES string of the molecule is C[CH]CCc1sccc1Cl. The van der Waals surface area contributed by atoms with E-state index in [9.17, 15) is 0 Å². The molecule has 0 saturated carbocycles. The number of unbranched alkanes of at least 4 members (excludes halogenated alkanes) is 1. The summed E-state index contributed by atoms with van der Waals surface area (Å²) in [6.07, 6.45) is 4.38. The molecule has 0 amide bonds. The van der Waals surface area contributed by atoms with Crippen molar-refractivity contribution in [3.8, 4) is 0 Å². The molecule has 0 aliphatic rings. The Hall–Kier alpha value is -0.0100. The quantitative estimate of drug-likeness (QED) is 0.656. The summed E-state index contributed by atoms with van der Waals surface area (Å²) in [4.78, 5) is 1.31. The van der Waals surface area contributed by atoms with E-state index in [4.69, 9.17) is 11.6 Å². The zero-order chi connectivity index (χ0) is 7.40. The number of hydrogen-bond donors (Lipinski definition) is 0. The molecule has 2 heteroatoms. The molecule has 0 bridgehead atoms. The molecule has 0 N–H and O–H groups in total. The topological polar surface area (TPSA) is 0 Å². The highest BCUT2D eigenvalue weighted by molar-refractivity contribution is 7.10. The Morgan fingerprint density at radius 1 is 1.70 bits per heavy atom. The Labute approximate surface area is 70.8 Å². The van der Waals surface area contributed by atoms with Gasteiger partial charge in [-0.3, -0.25) is 0 Å². The van der Waals surface area contributed by atoms with Gasteiger partial charge in [-0.25, -0.2) is 0 Å². The van der Waals surface area contributed by atoms with Crippen LogP contribution in [0.15, 0.2) is 11.4 Å². The Kier molecular flexibility index (Phi) is 3.23. The number of aryl methyl sites for hydroxylation is 1. The lowest BCUT2D eigenvalue weighted by Gasteiger charge is -1.93. The molecule has 0 fully saturated rings. The van der Waals surface area contributed by atoms with Gasteiger partial charge in [0.15, 0.2) is 0 Å². The third-order valence-electron chi connectivity index (χ3n) is 1.35. The number of rotatable bonds is 3. The molecule has 0 nitrogen and oxygen atoms in total. The van der Waals surface area contributed by atoms with Crippen molar-refractivity contribution in [2.75, 3.05) is 0 Å². The molecule has 10 heavy (non-hydrogen) atoms. The first-order valence-electron chi connectivity index (χ1n) is 3.34. The molecule has 1 aromatic heterocycles. The summed E-state index contributed by atoms with van der Waals surface area (Å²) in [7, 11) is 0. The van der Waals surface area contributed by atoms with Gasteiger partial charge in [0, 0.05) is 4.88 Å². The summed E-state index contributed by atoms with van der Waals surface area (Å²) in [5.74, 6) is 0. The van der Waals surface area contributed by atoms with Crippen LogP contribution >= 0.6 is 22.9 Å². The molecule has 0 aliphatic carbocycles. The molecule has 1 radical (unpaired) electrons. The Morgan fingerprint density at radius 3 is 3.00 bits per heavy atom. The molecular formula is C8H10ClS. The van der Waals surface area contributed by atoms with Gasteiger partial charge in [-0.2, -0.15) is 0 Å². The van der Waals surface area contributed by atoms with Crippen LogP contribution in [-0.4, -0.2) is 0 Å². The first-order valence-corrected chi connectivity index (χ1v) is 4.60. The Balaban J connectivity index is 2.49. The molecular weight excluding hydrogens is 164 g/mol. The third kappa shape index (κ3) is 1.99. The third-order valence-corrected chi connectivity index (χ3v) is 2.80. The highest BCUT2D eigenvalue weighted by atomic mass is 35.5. The van der Waals surface area contributed by atoms with Crippen molar-refractivity contribution in [1.29, 1.82) is 0 Å². The molecule has 1 rings (SSSR count). The lowest BCUT2D eigenvalue weighted by atomic mass is 10.2. The van der Waals surface area contributed by atoms with Crippen molar-refractivity contribution in [1.82, 2.24) is 0 Å². The van der Waals surface area contributed by atoms with Crippen molar-refractivity contribution in [3.63, 3.8) is 0 Å². The summed E-state index contributed by atoms with van der Waals surface area (Å²) in [6.45, 7) is 2.07. The van der Waals surface area contributed by atoms with Crippen LogP contribution in [-0.2, 0) is 6.42 Å². The van der Waals surface area contributed by atoms with E-state index >= 15 is 0 Å². The summed E-state index contributed by atoms with van der Waals surface area (Å²) >= 11 is 7.61. The minimum Gasteiger partial charge on any atom is -0.147 e. The van der Waals surface area contributed by atoms with E-state index in [2.05, 4.69) is 13.3 Å². The average molecular weight is 174 g/mol. The van der Waals surface area contributed by atoms with E-state index in [1.165, 1.54) is 4.88 Å². The fourth-order valence-corrected chi connectivity index (χ4v) is 1.93. The molecule has 1 heterocycles. The lowest BCUT2D eigenvalue weighted by Crippen LogP contribution is -1.78. The summed E-state index contributed by atoms with van der Waals surface area (Å²) in [5.41, 5.74) is 0. The molecule has 55 valence electrons. The number of hydrogen-bond acceptors (Lipinski definition) is 1. The smallest absolute Gasteiger partial charge is 0.0544 e. The van der Waals surface area contributed by atoms with Gasteiger partial charge in [0.2, 0.25) is 0 Å². The molecule has 0 spiro atoms. The lowest BCUT2D eigenvalue weighted by molar-refractivity contribution is 0.955. The van der Waals surface area contributed by atoms with Gasteiger partial charge in [-0.05, 0) is 30.7 Å². The molecule has 0 aromatic carbocycles. The van der Waals surface area contributed by atoms with E-state index in [1.807, 2.05) is 11.4 Å². The van der Waals surface area contributed by atoms with Gasteiger partial charge >= 0.3 is 0 Å². The molecule has 0 aliphatic heterocycles. The van der Waals surface area contributed by atoms with E-state index in [-0.39, 0.29) is 0 Å². The van der Waals surface area contributed by atoms with E-state index in [0.717, 1.165) is 17.9 Å². The van der Waals surface area contributed by atoms with Crippen molar-refractivity contribution in [2.45, 2.75) is 19.8 Å². The Morgan fingerprint density at radius 2 is 2.50 bits per heavy atom. The van der Waals surface area contributed by atoms with E-state index < -0.39 is 0 Å². The number of halogens is 1. The number of thiophene rings is 1. The van der Waals surface area contributed by atoms with Crippen molar-refractivity contribution >= 4 is 22.9 Å². The zero-order valence-electron chi connectivity index (χ0n) is 5.93. The van der Waals surface area contributed by atoms with Gasteiger partial charge in [0.25, 0.3) is 0 Å². The van der Waals surface area contributed by atoms with E-state index in [1.54, 1.807) is 11.3 Å². The zero-order valence-corrected chi connectivity index (χ0v) is 7.50. The summed E-state index contributed by atoms with van der Waals surface area (Å²) in [6, 6.07) is 1.96. The van der Waals surface area contributed by atoms with Crippen molar-refractivity contribution < 1.29 is 0 Å². The van der Waals surface area contributed by atoms with Gasteiger partial charge in [-0.1, -0.05) is 18.5 Å². The van der Waals surface area contributed by atoms with Gasteiger partial charge in [-0.15, -0.1) is 11.3 Å². The maximum atomic E-state index is 5.87. The Bertz CT molecular complexity index is 193. The summed E-state index contributed by atoms with van der Waals surface area (Å²) in [5, 5.41) is 2.96. The van der Waals surface area contributed by atoms with Crippen LogP contribution in [0, 0.1) is 6.42 Å². The second-order valence-corrected chi connectivity index (χ2v) is 3.55. The van der Waals surface area contributed by atoms with Crippen molar-refractivity contribution in [3.05, 3.63) is 27.8 Å². The fraction of sp³-hybridized carbons (Fsp3) is 0.375. The van der Waals surface area contributed by atoms with Gasteiger partial charge < -0.3 is 0 Å².